The Hall–Kier alpha value is -2.94. The van der Waals surface area contributed by atoms with Crippen molar-refractivity contribution in [3.63, 3.8) is 0 Å². The van der Waals surface area contributed by atoms with Crippen LogP contribution in [-0.2, 0) is 0 Å². The van der Waals surface area contributed by atoms with Crippen molar-refractivity contribution in [1.82, 2.24) is 0 Å². The second-order valence-corrected chi connectivity index (χ2v) is 5.27. The monoisotopic (exact) mass is 303 g/mol. The molecule has 3 rings (SSSR count). The van der Waals surface area contributed by atoms with Gasteiger partial charge in [0.25, 0.3) is 0 Å². The fraction of sp³-hybridized carbons (Fsp3) is 0.100. The predicted octanol–water partition coefficient (Wildman–Crippen LogP) is 4.80. The number of nitrogens with zero attached hydrogens (tertiary/aromatic N) is 1. The molecule has 0 aromatic heterocycles. The highest BCUT2D eigenvalue weighted by atomic mass is 16.5. The number of hydrogen-bond donors (Lipinski definition) is 0. The van der Waals surface area contributed by atoms with Crippen LogP contribution in [0.1, 0.15) is 22.8 Å². The summed E-state index contributed by atoms with van der Waals surface area (Å²) in [6.45, 7) is 1.55. The number of benzene rings is 3. The first-order valence-corrected chi connectivity index (χ1v) is 7.40. The highest BCUT2D eigenvalue weighted by Crippen LogP contribution is 2.27. The average Bonchev–Trinajstić information content (AvgIpc) is 2.59. The van der Waals surface area contributed by atoms with E-state index in [4.69, 9.17) is 4.74 Å². The van der Waals surface area contributed by atoms with Gasteiger partial charge in [0.15, 0.2) is 5.78 Å². The van der Waals surface area contributed by atoms with Gasteiger partial charge in [-0.3, -0.25) is 9.79 Å². The number of carbonyl (C=O) groups is 1. The Balaban J connectivity index is 2.07. The van der Waals surface area contributed by atoms with Gasteiger partial charge in [0, 0.05) is 17.3 Å². The Bertz CT molecular complexity index is 897. The normalized spacial score (nSPS) is 11.0. The number of Topliss-reactive ketones (excluding diaryl/α,β-unsaturated/α-hetero) is 1. The minimum absolute atomic E-state index is 0.0322. The van der Waals surface area contributed by atoms with Crippen molar-refractivity contribution < 1.29 is 9.53 Å². The van der Waals surface area contributed by atoms with Crippen molar-refractivity contribution in [3.8, 4) is 5.75 Å². The number of ketones is 1. The zero-order valence-corrected chi connectivity index (χ0v) is 13.1. The van der Waals surface area contributed by atoms with E-state index in [-0.39, 0.29) is 5.78 Å². The van der Waals surface area contributed by atoms with Crippen molar-refractivity contribution in [2.24, 2.45) is 4.99 Å². The molecule has 0 aliphatic carbocycles. The van der Waals surface area contributed by atoms with Gasteiger partial charge in [-0.05, 0) is 35.9 Å². The van der Waals surface area contributed by atoms with Crippen LogP contribution in [0.3, 0.4) is 0 Å². The van der Waals surface area contributed by atoms with E-state index in [0.717, 1.165) is 27.8 Å². The van der Waals surface area contributed by atoms with E-state index < -0.39 is 0 Å². The molecule has 23 heavy (non-hydrogen) atoms. The SMILES string of the molecule is COc1ccc2ccccc2c1C=Nc1cccc(C(C)=O)c1. The van der Waals surface area contributed by atoms with Gasteiger partial charge >= 0.3 is 0 Å². The summed E-state index contributed by atoms with van der Waals surface area (Å²) in [4.78, 5) is 16.0. The first-order valence-electron chi connectivity index (χ1n) is 7.40. The molecule has 0 bridgehead atoms. The Morgan fingerprint density at radius 3 is 2.65 bits per heavy atom. The molecule has 0 N–H and O–H groups in total. The van der Waals surface area contributed by atoms with E-state index in [1.54, 1.807) is 32.4 Å². The van der Waals surface area contributed by atoms with Crippen molar-refractivity contribution in [3.05, 3.63) is 71.8 Å². The molecular weight excluding hydrogens is 286 g/mol. The molecular formula is C20H17NO2. The van der Waals surface area contributed by atoms with Crippen LogP contribution in [0.15, 0.2) is 65.7 Å². The minimum atomic E-state index is 0.0322. The zero-order valence-electron chi connectivity index (χ0n) is 13.1. The molecule has 0 amide bonds. The third kappa shape index (κ3) is 3.14. The largest absolute Gasteiger partial charge is 0.496 e. The van der Waals surface area contributed by atoms with Gasteiger partial charge < -0.3 is 4.74 Å². The van der Waals surface area contributed by atoms with Crippen LogP contribution in [0.2, 0.25) is 0 Å². The number of aliphatic imine (C=N–C) groups is 1. The minimum Gasteiger partial charge on any atom is -0.496 e. The van der Waals surface area contributed by atoms with Gasteiger partial charge in [-0.1, -0.05) is 42.5 Å². The van der Waals surface area contributed by atoms with E-state index in [0.29, 0.717) is 5.56 Å². The molecule has 0 aliphatic heterocycles. The highest BCUT2D eigenvalue weighted by Gasteiger charge is 2.06. The molecule has 0 aliphatic rings. The second kappa shape index (κ2) is 6.44. The van der Waals surface area contributed by atoms with Crippen LogP contribution in [0.25, 0.3) is 10.8 Å². The lowest BCUT2D eigenvalue weighted by Crippen LogP contribution is -1.93. The van der Waals surface area contributed by atoms with Gasteiger partial charge in [0.1, 0.15) is 5.75 Å². The van der Waals surface area contributed by atoms with E-state index in [9.17, 15) is 4.79 Å². The molecule has 0 saturated carbocycles. The number of methoxy groups -OCH3 is 1. The molecule has 114 valence electrons. The lowest BCUT2D eigenvalue weighted by atomic mass is 10.0. The van der Waals surface area contributed by atoms with Crippen molar-refractivity contribution in [1.29, 1.82) is 0 Å². The summed E-state index contributed by atoms with van der Waals surface area (Å²) in [5, 5.41) is 2.21. The highest BCUT2D eigenvalue weighted by molar-refractivity contribution is 6.03. The van der Waals surface area contributed by atoms with E-state index in [1.807, 2.05) is 42.5 Å². The molecule has 0 radical (unpaired) electrons. The zero-order chi connectivity index (χ0) is 16.2. The van der Waals surface area contributed by atoms with Crippen molar-refractivity contribution in [2.75, 3.05) is 7.11 Å². The maximum absolute atomic E-state index is 11.5. The van der Waals surface area contributed by atoms with Crippen LogP contribution in [0.4, 0.5) is 5.69 Å². The maximum atomic E-state index is 11.5. The maximum Gasteiger partial charge on any atom is 0.159 e. The molecule has 0 saturated heterocycles. The summed E-state index contributed by atoms with van der Waals surface area (Å²) < 4.78 is 5.46. The molecule has 3 aromatic rings. The molecule has 0 unspecified atom stereocenters. The lowest BCUT2D eigenvalue weighted by Gasteiger charge is -2.08. The summed E-state index contributed by atoms with van der Waals surface area (Å²) in [6, 6.07) is 19.4. The summed E-state index contributed by atoms with van der Waals surface area (Å²) in [5.74, 6) is 0.806. The smallest absolute Gasteiger partial charge is 0.159 e. The summed E-state index contributed by atoms with van der Waals surface area (Å²) in [7, 11) is 1.65. The summed E-state index contributed by atoms with van der Waals surface area (Å²) in [5.41, 5.74) is 2.33. The van der Waals surface area contributed by atoms with Crippen LogP contribution in [0.5, 0.6) is 5.75 Å². The Morgan fingerprint density at radius 2 is 1.87 bits per heavy atom. The molecule has 0 spiro atoms. The quantitative estimate of drug-likeness (QED) is 0.513. The van der Waals surface area contributed by atoms with Crippen LogP contribution in [0, 0.1) is 0 Å². The number of rotatable bonds is 4. The first kappa shape index (κ1) is 15.0. The molecule has 0 heterocycles. The second-order valence-electron chi connectivity index (χ2n) is 5.27. The van der Waals surface area contributed by atoms with Crippen LogP contribution in [-0.4, -0.2) is 19.1 Å². The Morgan fingerprint density at radius 1 is 1.04 bits per heavy atom. The van der Waals surface area contributed by atoms with Crippen molar-refractivity contribution in [2.45, 2.75) is 6.92 Å². The van der Waals surface area contributed by atoms with E-state index in [2.05, 4.69) is 11.1 Å². The van der Waals surface area contributed by atoms with E-state index >= 15 is 0 Å². The number of ether oxygens (including phenoxy) is 1. The Kier molecular flexibility index (Phi) is 4.20. The van der Waals surface area contributed by atoms with Gasteiger partial charge in [-0.2, -0.15) is 0 Å². The number of carbonyl (C=O) groups excluding carboxylic acids is 1. The predicted molar refractivity (Wildman–Crippen MR) is 94.2 cm³/mol. The Labute approximate surface area is 135 Å². The lowest BCUT2D eigenvalue weighted by molar-refractivity contribution is 0.101. The van der Waals surface area contributed by atoms with Crippen LogP contribution >= 0.6 is 0 Å². The average molecular weight is 303 g/mol. The molecule has 0 atom stereocenters. The molecule has 3 nitrogen and oxygen atoms in total. The molecule has 0 fully saturated rings. The van der Waals surface area contributed by atoms with Crippen molar-refractivity contribution >= 4 is 28.5 Å². The third-order valence-corrected chi connectivity index (χ3v) is 3.75. The van der Waals surface area contributed by atoms with Crippen LogP contribution < -0.4 is 4.74 Å². The third-order valence-electron chi connectivity index (χ3n) is 3.75. The standard InChI is InChI=1S/C20H17NO2/c1-14(22)16-7-5-8-17(12-16)21-13-19-18-9-4-3-6-15(18)10-11-20(19)23-2/h3-13H,1-2H3. The molecule has 3 heteroatoms. The number of hydrogen-bond acceptors (Lipinski definition) is 3. The first-order chi connectivity index (χ1) is 11.2. The van der Waals surface area contributed by atoms with E-state index in [1.165, 1.54) is 0 Å². The van der Waals surface area contributed by atoms with Gasteiger partial charge in [0.05, 0.1) is 12.8 Å². The summed E-state index contributed by atoms with van der Waals surface area (Å²) >= 11 is 0. The van der Waals surface area contributed by atoms with Gasteiger partial charge in [-0.15, -0.1) is 0 Å². The van der Waals surface area contributed by atoms with Gasteiger partial charge in [0.2, 0.25) is 0 Å². The topological polar surface area (TPSA) is 38.7 Å². The number of fused-ring (bicyclic) bond motifs is 1. The van der Waals surface area contributed by atoms with Gasteiger partial charge in [-0.25, -0.2) is 0 Å². The fourth-order valence-corrected chi connectivity index (χ4v) is 2.53. The fourth-order valence-electron chi connectivity index (χ4n) is 2.53. The summed E-state index contributed by atoms with van der Waals surface area (Å²) in [6.07, 6.45) is 1.79. The molecule has 3 aromatic carbocycles.